The van der Waals surface area contributed by atoms with Gasteiger partial charge in [0.05, 0.1) is 0 Å². The molecule has 0 N–H and O–H groups in total. The second-order valence-corrected chi connectivity index (χ2v) is 9.04. The highest BCUT2D eigenvalue weighted by molar-refractivity contribution is 8.03. The molecule has 0 heterocycles. The molecule has 0 aromatic carbocycles. The van der Waals surface area contributed by atoms with Gasteiger partial charge in [0, 0.05) is 19.0 Å². The Bertz CT molecular complexity index is 240. The van der Waals surface area contributed by atoms with Gasteiger partial charge in [0.25, 0.3) is 0 Å². The fourth-order valence-corrected chi connectivity index (χ4v) is 5.10. The highest BCUT2D eigenvalue weighted by atomic mass is 32.2. The van der Waals surface area contributed by atoms with Gasteiger partial charge in [0.1, 0.15) is 5.40 Å². The number of rotatable bonds is 13. The van der Waals surface area contributed by atoms with E-state index in [4.69, 9.17) is 14.1 Å². The van der Waals surface area contributed by atoms with Crippen molar-refractivity contribution >= 4 is 20.3 Å². The maximum Gasteiger partial charge on any atom is 0.334 e. The summed E-state index contributed by atoms with van der Waals surface area (Å²) in [6, 6.07) is 1.11. The van der Waals surface area contributed by atoms with Crippen LogP contribution in [0.1, 0.15) is 52.4 Å². The average Bonchev–Trinajstić information content (AvgIpc) is 2.37. The summed E-state index contributed by atoms with van der Waals surface area (Å²) in [5, 5.41) is 10.5. The second-order valence-electron chi connectivity index (χ2n) is 4.81. The normalized spacial score (nSPS) is 11.5. The zero-order valence-electron chi connectivity index (χ0n) is 12.7. The van der Waals surface area contributed by atoms with Crippen LogP contribution >= 0.6 is 11.8 Å². The van der Waals surface area contributed by atoms with E-state index in [-0.39, 0.29) is 0 Å². The van der Waals surface area contributed by atoms with E-state index in [1.807, 2.05) is 13.8 Å². The number of nitrogens with zero attached hydrogens (tertiary/aromatic N) is 1. The van der Waals surface area contributed by atoms with Gasteiger partial charge in [-0.05, 0) is 44.6 Å². The molecule has 0 aromatic heterocycles. The summed E-state index contributed by atoms with van der Waals surface area (Å²) in [6.45, 7) is 7.80. The van der Waals surface area contributed by atoms with Crippen molar-refractivity contribution in [3.05, 3.63) is 0 Å². The molecule has 19 heavy (non-hydrogen) atoms. The minimum atomic E-state index is -1.87. The van der Waals surface area contributed by atoms with E-state index in [0.717, 1.165) is 25.0 Å². The summed E-state index contributed by atoms with van der Waals surface area (Å²) in [6.07, 6.45) is 7.49. The summed E-state index contributed by atoms with van der Waals surface area (Å²) >= 11 is 1.37. The van der Waals surface area contributed by atoms with Crippen LogP contribution in [0.2, 0.25) is 12.6 Å². The highest BCUT2D eigenvalue weighted by Crippen LogP contribution is 2.19. The standard InChI is InChI=1S/C14H29NO2SSi/c1-4-16-19(3,17-5-2)13-11-9-7-6-8-10-12-18-14-15/h4-13H2,1-3H3. The van der Waals surface area contributed by atoms with Crippen LogP contribution in [0.15, 0.2) is 0 Å². The number of hydrogen-bond donors (Lipinski definition) is 0. The highest BCUT2D eigenvalue weighted by Gasteiger charge is 2.29. The predicted octanol–water partition coefficient (Wildman–Crippen LogP) is 4.69. The molecule has 0 bridgehead atoms. The SMILES string of the molecule is CCO[Si](C)(CCCCCCCCSC#N)OCC. The third kappa shape index (κ3) is 11.5. The van der Waals surface area contributed by atoms with E-state index in [1.165, 1.54) is 50.3 Å². The number of nitriles is 1. The molecule has 0 aliphatic rings. The summed E-state index contributed by atoms with van der Waals surface area (Å²) in [5.41, 5.74) is 0. The summed E-state index contributed by atoms with van der Waals surface area (Å²) < 4.78 is 11.7. The Morgan fingerprint density at radius 3 is 2.00 bits per heavy atom. The van der Waals surface area contributed by atoms with E-state index in [2.05, 4.69) is 11.9 Å². The van der Waals surface area contributed by atoms with Crippen LogP contribution < -0.4 is 0 Å². The van der Waals surface area contributed by atoms with Crippen LogP contribution in [-0.4, -0.2) is 27.5 Å². The fraction of sp³-hybridized carbons (Fsp3) is 0.929. The number of thioether (sulfide) groups is 1. The van der Waals surface area contributed by atoms with Crippen molar-refractivity contribution in [1.29, 1.82) is 5.26 Å². The summed E-state index contributed by atoms with van der Waals surface area (Å²) in [5.74, 6) is 0.982. The third-order valence-electron chi connectivity index (χ3n) is 3.09. The monoisotopic (exact) mass is 303 g/mol. The first-order chi connectivity index (χ1) is 9.18. The molecule has 0 rings (SSSR count). The van der Waals surface area contributed by atoms with Crippen LogP contribution in [0, 0.1) is 10.7 Å². The predicted molar refractivity (Wildman–Crippen MR) is 85.5 cm³/mol. The molecule has 0 radical (unpaired) electrons. The van der Waals surface area contributed by atoms with Crippen LogP contribution in [0.3, 0.4) is 0 Å². The first-order valence-corrected chi connectivity index (χ1v) is 11.0. The average molecular weight is 304 g/mol. The Morgan fingerprint density at radius 2 is 1.47 bits per heavy atom. The van der Waals surface area contributed by atoms with E-state index in [9.17, 15) is 0 Å². The molecule has 0 aliphatic heterocycles. The quantitative estimate of drug-likeness (QED) is 0.281. The van der Waals surface area contributed by atoms with Gasteiger partial charge < -0.3 is 8.85 Å². The van der Waals surface area contributed by atoms with E-state index >= 15 is 0 Å². The van der Waals surface area contributed by atoms with Crippen LogP contribution in [-0.2, 0) is 8.85 Å². The topological polar surface area (TPSA) is 42.2 Å². The van der Waals surface area contributed by atoms with Crippen LogP contribution in [0.25, 0.3) is 0 Å². The lowest BCUT2D eigenvalue weighted by Crippen LogP contribution is -2.38. The van der Waals surface area contributed by atoms with Crippen molar-refractivity contribution in [2.45, 2.75) is 65.0 Å². The maximum absolute atomic E-state index is 8.40. The Hall–Kier alpha value is -0.0231. The Balaban J connectivity index is 3.48. The summed E-state index contributed by atoms with van der Waals surface area (Å²) in [7, 11) is -1.87. The molecule has 3 nitrogen and oxygen atoms in total. The van der Waals surface area contributed by atoms with Crippen molar-refractivity contribution in [3.63, 3.8) is 0 Å². The van der Waals surface area contributed by atoms with Crippen LogP contribution in [0.5, 0.6) is 0 Å². The number of hydrogen-bond acceptors (Lipinski definition) is 4. The largest absolute Gasteiger partial charge is 0.395 e. The molecule has 0 amide bonds. The zero-order chi connectivity index (χ0) is 14.4. The van der Waals surface area contributed by atoms with E-state index < -0.39 is 8.56 Å². The van der Waals surface area contributed by atoms with Gasteiger partial charge in [-0.15, -0.1) is 0 Å². The number of unbranched alkanes of at least 4 members (excludes halogenated alkanes) is 5. The molecular formula is C14H29NO2SSi. The minimum absolute atomic E-state index is 0.763. The molecule has 0 saturated heterocycles. The lowest BCUT2D eigenvalue weighted by atomic mass is 10.1. The van der Waals surface area contributed by atoms with Crippen molar-refractivity contribution in [3.8, 4) is 5.40 Å². The van der Waals surface area contributed by atoms with Gasteiger partial charge in [0.15, 0.2) is 0 Å². The summed E-state index contributed by atoms with van der Waals surface area (Å²) in [4.78, 5) is 0. The van der Waals surface area contributed by atoms with Gasteiger partial charge in [-0.3, -0.25) is 0 Å². The van der Waals surface area contributed by atoms with Gasteiger partial charge in [-0.25, -0.2) is 0 Å². The van der Waals surface area contributed by atoms with E-state index in [1.54, 1.807) is 0 Å². The van der Waals surface area contributed by atoms with Crippen molar-refractivity contribution < 1.29 is 8.85 Å². The Labute approximate surface area is 124 Å². The van der Waals surface area contributed by atoms with Gasteiger partial charge in [-0.2, -0.15) is 5.26 Å². The molecule has 0 atom stereocenters. The second kappa shape index (κ2) is 13.0. The molecule has 0 aliphatic carbocycles. The maximum atomic E-state index is 8.40. The van der Waals surface area contributed by atoms with E-state index in [0.29, 0.717) is 0 Å². The smallest absolute Gasteiger partial charge is 0.334 e. The molecule has 0 spiro atoms. The fourth-order valence-electron chi connectivity index (χ4n) is 2.17. The molecular weight excluding hydrogens is 274 g/mol. The Kier molecular flexibility index (Phi) is 13.0. The lowest BCUT2D eigenvalue weighted by Gasteiger charge is -2.25. The molecule has 112 valence electrons. The molecule has 0 saturated carbocycles. The first-order valence-electron chi connectivity index (χ1n) is 7.47. The lowest BCUT2D eigenvalue weighted by molar-refractivity contribution is 0.188. The van der Waals surface area contributed by atoms with Crippen molar-refractivity contribution in [2.75, 3.05) is 19.0 Å². The molecule has 0 aromatic rings. The van der Waals surface area contributed by atoms with Crippen LogP contribution in [0.4, 0.5) is 0 Å². The Morgan fingerprint density at radius 1 is 0.947 bits per heavy atom. The van der Waals surface area contributed by atoms with Crippen molar-refractivity contribution in [1.82, 2.24) is 0 Å². The van der Waals surface area contributed by atoms with Crippen molar-refractivity contribution in [2.24, 2.45) is 0 Å². The van der Waals surface area contributed by atoms with Gasteiger partial charge >= 0.3 is 8.56 Å². The molecule has 0 fully saturated rings. The number of thiocyanates is 1. The van der Waals surface area contributed by atoms with Gasteiger partial charge in [-0.1, -0.05) is 32.1 Å². The zero-order valence-corrected chi connectivity index (χ0v) is 14.6. The minimum Gasteiger partial charge on any atom is -0.395 e. The third-order valence-corrected chi connectivity index (χ3v) is 6.77. The first kappa shape index (κ1) is 19.0. The van der Waals surface area contributed by atoms with Gasteiger partial charge in [0.2, 0.25) is 0 Å². The molecule has 0 unspecified atom stereocenters. The molecule has 5 heteroatoms.